The molecule has 2 aromatic carbocycles. The van der Waals surface area contributed by atoms with Gasteiger partial charge in [0, 0.05) is 12.9 Å². The van der Waals surface area contributed by atoms with Crippen LogP contribution in [0.25, 0.3) is 11.1 Å². The van der Waals surface area contributed by atoms with Crippen molar-refractivity contribution in [2.75, 3.05) is 0 Å². The molecule has 0 heterocycles. The van der Waals surface area contributed by atoms with Crippen molar-refractivity contribution in [2.24, 2.45) is 0 Å². The highest BCUT2D eigenvalue weighted by Gasteiger charge is 2.05. The van der Waals surface area contributed by atoms with Gasteiger partial charge in [0.2, 0.25) is 0 Å². The maximum Gasteiger partial charge on any atom is 0.117 e. The quantitative estimate of drug-likeness (QED) is 0.518. The van der Waals surface area contributed by atoms with E-state index in [1.807, 2.05) is 24.3 Å². The Labute approximate surface area is 122 Å². The van der Waals surface area contributed by atoms with E-state index in [9.17, 15) is 5.11 Å². The molecule has 2 aromatic rings. The van der Waals surface area contributed by atoms with Crippen molar-refractivity contribution in [2.45, 2.75) is 4.90 Å². The number of thiol groups is 1. The lowest BCUT2D eigenvalue weighted by Crippen LogP contribution is -1.82. The van der Waals surface area contributed by atoms with Crippen LogP contribution in [0.4, 0.5) is 0 Å². The molecule has 1 nitrogen and oxygen atoms in total. The van der Waals surface area contributed by atoms with Crippen molar-refractivity contribution in [3.8, 4) is 16.9 Å². The number of rotatable bonds is 1. The van der Waals surface area contributed by atoms with Crippen LogP contribution >= 0.6 is 51.1 Å². The number of phenols is 1. The smallest absolute Gasteiger partial charge is 0.117 e. The Bertz CT molecular complexity index is 522. The maximum absolute atomic E-state index is 9.56. The highest BCUT2D eigenvalue weighted by atomic mass is 127. The van der Waals surface area contributed by atoms with Crippen molar-refractivity contribution in [1.82, 2.24) is 0 Å². The Morgan fingerprint density at radius 2 is 1.88 bits per heavy atom. The summed E-state index contributed by atoms with van der Waals surface area (Å²) in [5, 5.41) is 9.56. The highest BCUT2D eigenvalue weighted by molar-refractivity contribution is 14.1. The molecular formula is C12H8BrIOS. The second kappa shape index (κ2) is 4.98. The van der Waals surface area contributed by atoms with Gasteiger partial charge in [-0.1, -0.05) is 15.9 Å². The zero-order valence-corrected chi connectivity index (χ0v) is 12.8. The second-order valence-electron chi connectivity index (χ2n) is 3.36. The lowest BCUT2D eigenvalue weighted by atomic mass is 10.1. The molecule has 0 unspecified atom stereocenters. The summed E-state index contributed by atoms with van der Waals surface area (Å²) in [6.45, 7) is 0. The molecule has 0 atom stereocenters. The van der Waals surface area contributed by atoms with E-state index in [0.717, 1.165) is 24.1 Å². The average Bonchev–Trinajstić information content (AvgIpc) is 2.20. The molecule has 1 N–H and O–H groups in total. The molecule has 0 saturated heterocycles. The molecule has 2 rings (SSSR count). The second-order valence-corrected chi connectivity index (χ2v) is 6.00. The van der Waals surface area contributed by atoms with Crippen molar-refractivity contribution in [1.29, 1.82) is 0 Å². The minimum absolute atomic E-state index is 0.246. The van der Waals surface area contributed by atoms with Crippen molar-refractivity contribution < 1.29 is 5.11 Å². The van der Waals surface area contributed by atoms with Crippen molar-refractivity contribution in [3.63, 3.8) is 0 Å². The SMILES string of the molecule is Oc1cc(Br)cc(-c2cc(I)ccc2S)c1. The summed E-state index contributed by atoms with van der Waals surface area (Å²) in [5.41, 5.74) is 1.97. The summed E-state index contributed by atoms with van der Waals surface area (Å²) in [7, 11) is 0. The molecule has 82 valence electrons. The van der Waals surface area contributed by atoms with Crippen LogP contribution in [-0.4, -0.2) is 5.11 Å². The van der Waals surface area contributed by atoms with E-state index in [-0.39, 0.29) is 5.75 Å². The fraction of sp³-hybridized carbons (Fsp3) is 0. The van der Waals surface area contributed by atoms with E-state index in [0.29, 0.717) is 0 Å². The molecule has 0 bridgehead atoms. The van der Waals surface area contributed by atoms with Crippen LogP contribution < -0.4 is 0 Å². The summed E-state index contributed by atoms with van der Waals surface area (Å²) < 4.78 is 2.00. The van der Waals surface area contributed by atoms with Crippen molar-refractivity contribution in [3.05, 3.63) is 44.4 Å². The standard InChI is InChI=1S/C12H8BrIOS/c13-8-3-7(4-10(15)5-8)11-6-9(14)1-2-12(11)16/h1-6,15-16H. The summed E-state index contributed by atoms with van der Waals surface area (Å²) >= 11 is 10.0. The van der Waals surface area contributed by atoms with Crippen molar-refractivity contribution >= 4 is 51.1 Å². The third-order valence-electron chi connectivity index (χ3n) is 2.15. The summed E-state index contributed by atoms with van der Waals surface area (Å²) in [6.07, 6.45) is 0. The number of hydrogen-bond acceptors (Lipinski definition) is 2. The molecular weight excluding hydrogens is 399 g/mol. The van der Waals surface area contributed by atoms with Crippen LogP contribution in [0.5, 0.6) is 5.75 Å². The number of halogens is 2. The van der Waals surface area contributed by atoms with Gasteiger partial charge in [-0.3, -0.25) is 0 Å². The molecule has 0 spiro atoms. The Morgan fingerprint density at radius 3 is 2.56 bits per heavy atom. The number of hydrogen-bond donors (Lipinski definition) is 2. The first-order valence-electron chi connectivity index (χ1n) is 4.55. The fourth-order valence-corrected chi connectivity index (χ4v) is 2.71. The Morgan fingerprint density at radius 1 is 1.12 bits per heavy atom. The van der Waals surface area contributed by atoms with Gasteiger partial charge in [0.1, 0.15) is 5.75 Å². The van der Waals surface area contributed by atoms with Gasteiger partial charge in [-0.2, -0.15) is 0 Å². The summed E-state index contributed by atoms with van der Waals surface area (Å²) in [6, 6.07) is 11.4. The molecule has 0 aliphatic carbocycles. The Balaban J connectivity index is 2.62. The minimum atomic E-state index is 0.246. The first-order chi connectivity index (χ1) is 7.56. The average molecular weight is 407 g/mol. The molecule has 0 saturated carbocycles. The van der Waals surface area contributed by atoms with Gasteiger partial charge >= 0.3 is 0 Å². The molecule has 0 fully saturated rings. The predicted octanol–water partition coefficient (Wildman–Crippen LogP) is 4.72. The van der Waals surface area contributed by atoms with E-state index >= 15 is 0 Å². The molecule has 0 aromatic heterocycles. The number of benzene rings is 2. The van der Waals surface area contributed by atoms with Crippen LogP contribution in [0.3, 0.4) is 0 Å². The zero-order valence-electron chi connectivity index (χ0n) is 8.11. The van der Waals surface area contributed by atoms with Crippen LogP contribution in [0.1, 0.15) is 0 Å². The van der Waals surface area contributed by atoms with Gasteiger partial charge in [-0.05, 0) is 70.1 Å². The first-order valence-corrected chi connectivity index (χ1v) is 6.86. The van der Waals surface area contributed by atoms with Gasteiger partial charge in [-0.25, -0.2) is 0 Å². The third-order valence-corrected chi connectivity index (χ3v) is 3.67. The van der Waals surface area contributed by atoms with E-state index in [1.165, 1.54) is 0 Å². The Hall–Kier alpha value is -0.200. The van der Waals surface area contributed by atoms with Gasteiger partial charge in [0.15, 0.2) is 0 Å². The normalized spacial score (nSPS) is 10.4. The van der Waals surface area contributed by atoms with E-state index in [4.69, 9.17) is 0 Å². The maximum atomic E-state index is 9.56. The van der Waals surface area contributed by atoms with Gasteiger partial charge in [0.05, 0.1) is 0 Å². The summed E-state index contributed by atoms with van der Waals surface area (Å²) in [5.74, 6) is 0.246. The van der Waals surface area contributed by atoms with Crippen LogP contribution in [-0.2, 0) is 0 Å². The molecule has 16 heavy (non-hydrogen) atoms. The monoisotopic (exact) mass is 406 g/mol. The van der Waals surface area contributed by atoms with Crippen LogP contribution in [0.15, 0.2) is 45.8 Å². The van der Waals surface area contributed by atoms with Gasteiger partial charge in [0.25, 0.3) is 0 Å². The largest absolute Gasteiger partial charge is 0.508 e. The zero-order chi connectivity index (χ0) is 11.7. The van der Waals surface area contributed by atoms with Gasteiger partial charge in [-0.15, -0.1) is 12.6 Å². The lowest BCUT2D eigenvalue weighted by Gasteiger charge is -2.07. The fourth-order valence-electron chi connectivity index (χ4n) is 1.47. The predicted molar refractivity (Wildman–Crippen MR) is 81.2 cm³/mol. The molecule has 0 radical (unpaired) electrons. The van der Waals surface area contributed by atoms with E-state index in [1.54, 1.807) is 12.1 Å². The van der Waals surface area contributed by atoms with E-state index < -0.39 is 0 Å². The highest BCUT2D eigenvalue weighted by Crippen LogP contribution is 2.32. The third kappa shape index (κ3) is 2.73. The summed E-state index contributed by atoms with van der Waals surface area (Å²) in [4.78, 5) is 0.901. The number of phenolic OH excluding ortho intramolecular Hbond substituents is 1. The molecule has 0 amide bonds. The topological polar surface area (TPSA) is 20.2 Å². The van der Waals surface area contributed by atoms with Crippen LogP contribution in [0, 0.1) is 3.57 Å². The molecule has 0 aliphatic rings. The van der Waals surface area contributed by atoms with Crippen LogP contribution in [0.2, 0.25) is 0 Å². The van der Waals surface area contributed by atoms with Gasteiger partial charge < -0.3 is 5.11 Å². The minimum Gasteiger partial charge on any atom is -0.508 e. The molecule has 0 aliphatic heterocycles. The van der Waals surface area contributed by atoms with E-state index in [2.05, 4.69) is 51.1 Å². The number of aromatic hydroxyl groups is 1. The lowest BCUT2D eigenvalue weighted by molar-refractivity contribution is 0.475. The molecule has 4 heteroatoms. The first kappa shape index (κ1) is 12.3. The Kier molecular flexibility index (Phi) is 3.81.